The minimum atomic E-state index is -0.269. The maximum absolute atomic E-state index is 13.2. The van der Waals surface area contributed by atoms with Gasteiger partial charge in [0.25, 0.3) is 0 Å². The van der Waals surface area contributed by atoms with Gasteiger partial charge in [-0.3, -0.25) is 19.4 Å². The zero-order valence-corrected chi connectivity index (χ0v) is 17.9. The molecule has 3 aromatic rings. The van der Waals surface area contributed by atoms with Gasteiger partial charge in [-0.15, -0.1) is 0 Å². The molecule has 1 saturated heterocycles. The van der Waals surface area contributed by atoms with E-state index in [9.17, 15) is 4.79 Å². The molecule has 1 atom stereocenters. The van der Waals surface area contributed by atoms with Crippen LogP contribution in [0.1, 0.15) is 31.4 Å². The van der Waals surface area contributed by atoms with Gasteiger partial charge in [0, 0.05) is 32.1 Å². The first-order valence-corrected chi connectivity index (χ1v) is 10.8. The first kappa shape index (κ1) is 20.4. The zero-order chi connectivity index (χ0) is 21.9. The predicted molar refractivity (Wildman–Crippen MR) is 116 cm³/mol. The van der Waals surface area contributed by atoms with Crippen molar-refractivity contribution in [3.8, 4) is 23.0 Å². The van der Waals surface area contributed by atoms with Gasteiger partial charge in [-0.25, -0.2) is 9.97 Å². The van der Waals surface area contributed by atoms with Crippen LogP contribution < -0.4 is 14.8 Å². The third kappa shape index (κ3) is 4.13. The number of pyridine rings is 1. The van der Waals surface area contributed by atoms with Crippen molar-refractivity contribution in [3.05, 3.63) is 42.6 Å². The molecule has 2 aliphatic rings. The monoisotopic (exact) mass is 435 g/mol. The topological polar surface area (TPSA) is 107 Å². The van der Waals surface area contributed by atoms with Crippen LogP contribution in [0.5, 0.6) is 11.5 Å². The summed E-state index contributed by atoms with van der Waals surface area (Å²) in [5.74, 6) is 1.88. The van der Waals surface area contributed by atoms with Gasteiger partial charge in [-0.2, -0.15) is 5.10 Å². The number of fused-ring (bicyclic) bond motifs is 1. The van der Waals surface area contributed by atoms with Crippen molar-refractivity contribution in [2.45, 2.75) is 38.3 Å². The van der Waals surface area contributed by atoms with Crippen LogP contribution in [0.15, 0.2) is 36.9 Å². The number of anilines is 1. The molecule has 0 aliphatic carbocycles. The molecule has 1 N–H and O–H groups in total. The Balaban J connectivity index is 1.31. The number of amides is 1. The fourth-order valence-electron chi connectivity index (χ4n) is 4.19. The molecule has 0 unspecified atom stereocenters. The molecule has 0 aromatic carbocycles. The average Bonchev–Trinajstić information content (AvgIpc) is 3.39. The molecule has 166 valence electrons. The minimum Gasteiger partial charge on any atom is -0.453 e. The number of aryl methyl sites for hydroxylation is 1. The molecule has 10 heteroatoms. The summed E-state index contributed by atoms with van der Waals surface area (Å²) in [6.45, 7) is 1.55. The Morgan fingerprint density at radius 3 is 2.81 bits per heavy atom. The van der Waals surface area contributed by atoms with Crippen LogP contribution >= 0.6 is 0 Å². The highest BCUT2D eigenvalue weighted by Crippen LogP contribution is 2.35. The highest BCUT2D eigenvalue weighted by Gasteiger charge is 2.30. The maximum Gasteiger partial charge on any atom is 0.241 e. The number of carbonyl (C=O) groups is 1. The van der Waals surface area contributed by atoms with E-state index in [1.54, 1.807) is 35.5 Å². The normalized spacial score (nSPS) is 18.3. The van der Waals surface area contributed by atoms with E-state index < -0.39 is 0 Å². The Morgan fingerprint density at radius 1 is 1.12 bits per heavy atom. The van der Waals surface area contributed by atoms with Crippen LogP contribution in [-0.2, 0) is 18.4 Å². The summed E-state index contributed by atoms with van der Waals surface area (Å²) in [5, 5.41) is 7.13. The summed E-state index contributed by atoms with van der Waals surface area (Å²) >= 11 is 0. The van der Waals surface area contributed by atoms with E-state index in [1.807, 2.05) is 13.1 Å². The molecule has 0 radical (unpaired) electrons. The van der Waals surface area contributed by atoms with E-state index >= 15 is 0 Å². The summed E-state index contributed by atoms with van der Waals surface area (Å²) in [4.78, 5) is 28.7. The van der Waals surface area contributed by atoms with Crippen molar-refractivity contribution >= 4 is 11.6 Å². The summed E-state index contributed by atoms with van der Waals surface area (Å²) in [7, 11) is 1.84. The van der Waals surface area contributed by atoms with Crippen LogP contribution in [0.2, 0.25) is 0 Å². The molecular formula is C22H25N7O3. The van der Waals surface area contributed by atoms with Gasteiger partial charge in [-0.05, 0) is 25.5 Å². The molecule has 1 amide bonds. The lowest BCUT2D eigenvalue weighted by molar-refractivity contribution is -0.121. The number of rotatable bonds is 5. The van der Waals surface area contributed by atoms with E-state index in [4.69, 9.17) is 9.47 Å². The van der Waals surface area contributed by atoms with E-state index in [0.717, 1.165) is 43.6 Å². The van der Waals surface area contributed by atoms with Gasteiger partial charge >= 0.3 is 0 Å². The van der Waals surface area contributed by atoms with Crippen molar-refractivity contribution in [1.82, 2.24) is 29.6 Å². The van der Waals surface area contributed by atoms with Crippen LogP contribution in [0.3, 0.4) is 0 Å². The Bertz CT molecular complexity index is 1100. The van der Waals surface area contributed by atoms with Crippen LogP contribution in [-0.4, -0.2) is 54.9 Å². The molecule has 0 saturated carbocycles. The van der Waals surface area contributed by atoms with E-state index in [2.05, 4.69) is 30.3 Å². The van der Waals surface area contributed by atoms with Crippen molar-refractivity contribution < 1.29 is 14.3 Å². The lowest BCUT2D eigenvalue weighted by Gasteiger charge is -2.28. The van der Waals surface area contributed by atoms with E-state index in [0.29, 0.717) is 29.6 Å². The highest BCUT2D eigenvalue weighted by molar-refractivity contribution is 5.94. The second-order valence-corrected chi connectivity index (χ2v) is 7.95. The molecule has 0 bridgehead atoms. The molecule has 3 aromatic heterocycles. The number of likely N-dealkylation sites (tertiary alicyclic amines) is 1. The van der Waals surface area contributed by atoms with Crippen molar-refractivity contribution in [2.75, 3.05) is 18.7 Å². The van der Waals surface area contributed by atoms with E-state index in [-0.39, 0.29) is 18.7 Å². The van der Waals surface area contributed by atoms with Crippen molar-refractivity contribution in [2.24, 2.45) is 7.05 Å². The number of nitrogens with zero attached hydrogens (tertiary/aromatic N) is 6. The molecule has 1 fully saturated rings. The Labute approximate surface area is 185 Å². The Morgan fingerprint density at radius 2 is 2.00 bits per heavy atom. The quantitative estimate of drug-likeness (QED) is 0.651. The third-order valence-corrected chi connectivity index (χ3v) is 5.85. The number of aromatic nitrogens is 5. The second kappa shape index (κ2) is 8.91. The number of hydrogen-bond acceptors (Lipinski definition) is 8. The first-order chi connectivity index (χ1) is 15.7. The molecule has 32 heavy (non-hydrogen) atoms. The lowest BCUT2D eigenvalue weighted by Crippen LogP contribution is -2.43. The summed E-state index contributed by atoms with van der Waals surface area (Å²) in [6, 6.07) is 3.38. The molecule has 5 heterocycles. The van der Waals surface area contributed by atoms with E-state index in [1.165, 1.54) is 0 Å². The Hall–Kier alpha value is -3.53. The summed E-state index contributed by atoms with van der Waals surface area (Å²) in [5.41, 5.74) is 2.18. The largest absolute Gasteiger partial charge is 0.453 e. The number of nitrogens with one attached hydrogen (secondary N) is 1. The smallest absolute Gasteiger partial charge is 0.241 e. The van der Waals surface area contributed by atoms with Crippen LogP contribution in [0.4, 0.5) is 5.69 Å². The molecule has 0 spiro atoms. The SMILES string of the molecule is Cn1nccc1-c1ncc(NC(=O)[C@H]2CCCCCN2Cc2nccc3c2OCO3)cn1. The standard InChI is InChI=1S/C22H25N7O3/c1-28-17(6-9-26-28)21-24-11-15(12-25-21)27-22(30)18-5-3-2-4-10-29(18)13-16-20-19(7-8-23-16)31-14-32-20/h6-9,11-12,18H,2-5,10,13-14H2,1H3,(H,27,30)/t18-/m1/s1. The van der Waals surface area contributed by atoms with Gasteiger partial charge in [-0.1, -0.05) is 12.8 Å². The van der Waals surface area contributed by atoms with Gasteiger partial charge in [0.05, 0.1) is 24.1 Å². The molecule has 2 aliphatic heterocycles. The van der Waals surface area contributed by atoms with Gasteiger partial charge in [0.15, 0.2) is 17.3 Å². The van der Waals surface area contributed by atoms with Gasteiger partial charge in [0.2, 0.25) is 12.7 Å². The number of ether oxygens (including phenoxy) is 2. The number of hydrogen-bond donors (Lipinski definition) is 1. The van der Waals surface area contributed by atoms with Crippen molar-refractivity contribution in [3.63, 3.8) is 0 Å². The zero-order valence-electron chi connectivity index (χ0n) is 17.9. The van der Waals surface area contributed by atoms with Gasteiger partial charge in [0.1, 0.15) is 11.4 Å². The van der Waals surface area contributed by atoms with Crippen LogP contribution in [0.25, 0.3) is 11.5 Å². The fraction of sp³-hybridized carbons (Fsp3) is 0.409. The summed E-state index contributed by atoms with van der Waals surface area (Å²) < 4.78 is 12.8. The first-order valence-electron chi connectivity index (χ1n) is 10.8. The Kier molecular flexibility index (Phi) is 5.68. The summed E-state index contributed by atoms with van der Waals surface area (Å²) in [6.07, 6.45) is 10.6. The molecule has 5 rings (SSSR count). The molecular weight excluding hydrogens is 410 g/mol. The van der Waals surface area contributed by atoms with Gasteiger partial charge < -0.3 is 14.8 Å². The average molecular weight is 435 g/mol. The predicted octanol–water partition coefficient (Wildman–Crippen LogP) is 2.38. The number of carbonyl (C=O) groups excluding carboxylic acids is 1. The lowest BCUT2D eigenvalue weighted by atomic mass is 10.1. The van der Waals surface area contributed by atoms with Crippen molar-refractivity contribution in [1.29, 1.82) is 0 Å². The third-order valence-electron chi connectivity index (χ3n) is 5.85. The maximum atomic E-state index is 13.2. The highest BCUT2D eigenvalue weighted by atomic mass is 16.7. The second-order valence-electron chi connectivity index (χ2n) is 7.95. The fourth-order valence-corrected chi connectivity index (χ4v) is 4.19. The van der Waals surface area contributed by atoms with Crippen LogP contribution in [0, 0.1) is 0 Å². The molecule has 10 nitrogen and oxygen atoms in total. The minimum absolute atomic E-state index is 0.0615.